The quantitative estimate of drug-likeness (QED) is 0.434. The number of carbonyl (C=O) groups is 1. The fourth-order valence-electron chi connectivity index (χ4n) is 3.52. The van der Waals surface area contributed by atoms with Crippen molar-refractivity contribution < 1.29 is 23.4 Å². The maximum atomic E-state index is 15.0. The minimum atomic E-state index is -0.557. The smallest absolute Gasteiger partial charge is 0.414 e. The molecule has 1 fully saturated rings. The number of hydrogen-bond donors (Lipinski definition) is 0. The summed E-state index contributed by atoms with van der Waals surface area (Å²) in [5, 5.41) is 6.10. The zero-order valence-electron chi connectivity index (χ0n) is 19.1. The summed E-state index contributed by atoms with van der Waals surface area (Å²) in [4.78, 5) is 20.1. The highest BCUT2D eigenvalue weighted by molar-refractivity contribution is 5.90. The zero-order chi connectivity index (χ0) is 24.1. The molecule has 9 nitrogen and oxygen atoms in total. The first-order chi connectivity index (χ1) is 16.4. The number of halogens is 1. The van der Waals surface area contributed by atoms with Crippen molar-refractivity contribution in [2.75, 3.05) is 50.2 Å². The van der Waals surface area contributed by atoms with Crippen molar-refractivity contribution >= 4 is 23.9 Å². The fourth-order valence-corrected chi connectivity index (χ4v) is 3.52. The minimum absolute atomic E-state index is 0.131. The number of nitrogens with zero attached hydrogens (tertiary/aromatic N) is 5. The molecule has 1 saturated heterocycles. The number of cyclic esters (lactones) is 1. The first kappa shape index (κ1) is 23.1. The van der Waals surface area contributed by atoms with Gasteiger partial charge in [-0.25, -0.2) is 14.2 Å². The van der Waals surface area contributed by atoms with Crippen LogP contribution in [0.4, 0.5) is 20.7 Å². The number of allylic oxidation sites excluding steroid dienone is 1. The largest absolute Gasteiger partial charge is 0.504 e. The van der Waals surface area contributed by atoms with Gasteiger partial charge in [0.25, 0.3) is 0 Å². The van der Waals surface area contributed by atoms with E-state index in [1.165, 1.54) is 24.3 Å². The monoisotopic (exact) mass is 467 g/mol. The number of pyridine rings is 1. The fraction of sp³-hybridized carbons (Fsp3) is 0.292. The second-order valence-electron chi connectivity index (χ2n) is 7.81. The van der Waals surface area contributed by atoms with Crippen molar-refractivity contribution in [2.45, 2.75) is 6.10 Å². The Hall–Kier alpha value is -4.08. The first-order valence-electron chi connectivity index (χ1n) is 10.7. The number of hydrazone groups is 1. The Morgan fingerprint density at radius 1 is 1.32 bits per heavy atom. The molecule has 0 spiro atoms. The number of benzene rings is 1. The molecule has 4 rings (SSSR count). The lowest BCUT2D eigenvalue weighted by Gasteiger charge is -2.26. The number of anilines is 2. The Bertz CT molecular complexity index is 1110. The van der Waals surface area contributed by atoms with Gasteiger partial charge in [-0.15, -0.1) is 0 Å². The number of ether oxygens (including phenoxy) is 3. The molecule has 34 heavy (non-hydrogen) atoms. The third kappa shape index (κ3) is 5.28. The second-order valence-corrected chi connectivity index (χ2v) is 7.81. The summed E-state index contributed by atoms with van der Waals surface area (Å²) in [6, 6.07) is 8.28. The van der Waals surface area contributed by atoms with Crippen LogP contribution in [-0.4, -0.2) is 68.9 Å². The number of hydrogen-bond acceptors (Lipinski definition) is 8. The normalized spacial score (nSPS) is 17.9. The van der Waals surface area contributed by atoms with E-state index < -0.39 is 18.0 Å². The Kier molecular flexibility index (Phi) is 6.95. The molecule has 0 aliphatic carbocycles. The van der Waals surface area contributed by atoms with E-state index in [-0.39, 0.29) is 13.2 Å². The Morgan fingerprint density at radius 3 is 2.85 bits per heavy atom. The van der Waals surface area contributed by atoms with Gasteiger partial charge >= 0.3 is 6.09 Å². The lowest BCUT2D eigenvalue weighted by Crippen LogP contribution is -2.36. The lowest BCUT2D eigenvalue weighted by molar-refractivity contribution is 0.0811. The van der Waals surface area contributed by atoms with Crippen molar-refractivity contribution in [1.29, 1.82) is 0 Å². The number of methoxy groups -OCH3 is 1. The van der Waals surface area contributed by atoms with Gasteiger partial charge in [0.1, 0.15) is 30.3 Å². The molecule has 0 bridgehead atoms. The second kappa shape index (κ2) is 10.2. The van der Waals surface area contributed by atoms with Crippen molar-refractivity contribution in [1.82, 2.24) is 9.99 Å². The maximum absolute atomic E-state index is 15.0. The van der Waals surface area contributed by atoms with E-state index in [0.29, 0.717) is 22.6 Å². The van der Waals surface area contributed by atoms with Gasteiger partial charge in [0.15, 0.2) is 6.10 Å². The third-order valence-corrected chi connectivity index (χ3v) is 5.39. The molecule has 1 aromatic carbocycles. The molecule has 2 aromatic rings. The Morgan fingerprint density at radius 2 is 2.18 bits per heavy atom. The van der Waals surface area contributed by atoms with E-state index in [1.54, 1.807) is 30.7 Å². The predicted molar refractivity (Wildman–Crippen MR) is 127 cm³/mol. The molecule has 0 saturated carbocycles. The lowest BCUT2D eigenvalue weighted by atomic mass is 10.1. The molecular weight excluding hydrogens is 441 g/mol. The summed E-state index contributed by atoms with van der Waals surface area (Å²) in [6.07, 6.45) is 5.28. The summed E-state index contributed by atoms with van der Waals surface area (Å²) in [5.74, 6) is 0.663. The molecule has 1 aromatic heterocycles. The maximum Gasteiger partial charge on any atom is 0.414 e. The van der Waals surface area contributed by atoms with Gasteiger partial charge in [-0.2, -0.15) is 5.10 Å². The van der Waals surface area contributed by atoms with Gasteiger partial charge in [0.2, 0.25) is 0 Å². The topological polar surface area (TPSA) is 79.7 Å². The van der Waals surface area contributed by atoms with Crippen molar-refractivity contribution in [3.05, 3.63) is 67.0 Å². The molecule has 0 radical (unpaired) electrons. The van der Waals surface area contributed by atoms with E-state index in [1.807, 2.05) is 29.1 Å². The Balaban J connectivity index is 1.41. The van der Waals surface area contributed by atoms with Crippen LogP contribution in [0.2, 0.25) is 0 Å². The van der Waals surface area contributed by atoms with Crippen LogP contribution in [0.1, 0.15) is 0 Å². The van der Waals surface area contributed by atoms with Gasteiger partial charge in [-0.05, 0) is 30.3 Å². The molecule has 0 N–H and O–H groups in total. The average molecular weight is 468 g/mol. The van der Waals surface area contributed by atoms with Crippen LogP contribution < -0.4 is 9.80 Å². The molecule has 3 heterocycles. The molecule has 2 aliphatic heterocycles. The summed E-state index contributed by atoms with van der Waals surface area (Å²) >= 11 is 0. The van der Waals surface area contributed by atoms with Crippen LogP contribution in [-0.2, 0) is 14.2 Å². The van der Waals surface area contributed by atoms with Gasteiger partial charge < -0.3 is 19.1 Å². The summed E-state index contributed by atoms with van der Waals surface area (Å²) in [5.41, 5.74) is 1.44. The first-order valence-corrected chi connectivity index (χ1v) is 10.7. The number of carbonyl (C=O) groups excluding carboxylic acids is 1. The van der Waals surface area contributed by atoms with Gasteiger partial charge in [-0.1, -0.05) is 6.58 Å². The van der Waals surface area contributed by atoms with Crippen molar-refractivity contribution in [3.63, 3.8) is 0 Å². The van der Waals surface area contributed by atoms with E-state index >= 15 is 0 Å². The average Bonchev–Trinajstić information content (AvgIpc) is 3.22. The molecule has 178 valence electrons. The summed E-state index contributed by atoms with van der Waals surface area (Å²) in [6.45, 7) is 5.66. The highest BCUT2D eigenvalue weighted by Crippen LogP contribution is 2.29. The zero-order valence-corrected chi connectivity index (χ0v) is 19.1. The van der Waals surface area contributed by atoms with E-state index in [0.717, 1.165) is 18.9 Å². The molecule has 2 aliphatic rings. The molecule has 1 unspecified atom stereocenters. The van der Waals surface area contributed by atoms with Crippen LogP contribution in [0.15, 0.2) is 66.3 Å². The SMILES string of the molecule is C=C(/C=C\OC)OCC1CN(c2ccc(-c3ccc(N4C=NN(C)CC4)nc3)c(F)c2)C(=O)O1. The molecule has 1 atom stereocenters. The van der Waals surface area contributed by atoms with Gasteiger partial charge in [0.05, 0.1) is 32.1 Å². The number of likely N-dealkylation sites (N-methyl/N-ethyl adjacent to an activating group) is 1. The summed E-state index contributed by atoms with van der Waals surface area (Å²) < 4.78 is 30.6. The molecular formula is C24H26FN5O4. The molecule has 10 heteroatoms. The minimum Gasteiger partial charge on any atom is -0.504 e. The molecule has 1 amide bonds. The highest BCUT2D eigenvalue weighted by atomic mass is 19.1. The van der Waals surface area contributed by atoms with Gasteiger partial charge in [-0.3, -0.25) is 9.91 Å². The van der Waals surface area contributed by atoms with E-state index in [9.17, 15) is 9.18 Å². The highest BCUT2D eigenvalue weighted by Gasteiger charge is 2.33. The Labute approximate surface area is 197 Å². The summed E-state index contributed by atoms with van der Waals surface area (Å²) in [7, 11) is 3.42. The standard InChI is InChI=1S/C24H26FN5O4/c1-17(8-11-32-3)33-15-20-14-30(24(31)34-20)19-5-6-21(22(25)12-19)18-4-7-23(26-13-18)29-10-9-28(2)27-16-29/h4-8,11-13,16,20H,1,9-10,14-15H2,2-3H3/b11-8-. The van der Waals surface area contributed by atoms with Crippen molar-refractivity contribution in [2.24, 2.45) is 5.10 Å². The number of rotatable bonds is 8. The van der Waals surface area contributed by atoms with E-state index in [2.05, 4.69) is 16.7 Å². The van der Waals surface area contributed by atoms with Crippen LogP contribution in [0.3, 0.4) is 0 Å². The van der Waals surface area contributed by atoms with Crippen LogP contribution in [0, 0.1) is 5.82 Å². The third-order valence-electron chi connectivity index (χ3n) is 5.39. The number of amides is 1. The predicted octanol–water partition coefficient (Wildman–Crippen LogP) is 3.60. The van der Waals surface area contributed by atoms with E-state index in [4.69, 9.17) is 14.2 Å². The van der Waals surface area contributed by atoms with Crippen LogP contribution in [0.5, 0.6) is 0 Å². The van der Waals surface area contributed by atoms with Crippen LogP contribution >= 0.6 is 0 Å². The number of aromatic nitrogens is 1. The van der Waals surface area contributed by atoms with Gasteiger partial charge in [0, 0.05) is 37.0 Å². The van der Waals surface area contributed by atoms with Crippen molar-refractivity contribution in [3.8, 4) is 11.1 Å². The van der Waals surface area contributed by atoms with Crippen LogP contribution in [0.25, 0.3) is 11.1 Å².